The molecule has 0 bridgehead atoms. The first-order valence-electron chi connectivity index (χ1n) is 15.1. The van der Waals surface area contributed by atoms with E-state index in [1.165, 1.54) is 0 Å². The van der Waals surface area contributed by atoms with Crippen molar-refractivity contribution in [1.29, 1.82) is 5.26 Å². The fraction of sp³-hybridized carbons (Fsp3) is 0.765. The molecular weight excluding hydrogens is 484 g/mol. The van der Waals surface area contributed by atoms with Crippen molar-refractivity contribution in [1.82, 2.24) is 0 Å². The molecule has 214 valence electrons. The molecule has 0 aromatic heterocycles. The molecule has 6 atom stereocenters. The third kappa shape index (κ3) is 4.64. The molecule has 0 radical (unpaired) electrons. The Bertz CT molecular complexity index is 1190. The Morgan fingerprint density at radius 3 is 2.28 bits per heavy atom. The lowest BCUT2D eigenvalue weighted by Crippen LogP contribution is -2.58. The third-order valence-electron chi connectivity index (χ3n) is 12.5. The molecule has 5 heteroatoms. The predicted molar refractivity (Wildman–Crippen MR) is 154 cm³/mol. The molecule has 0 aromatic carbocycles. The number of nitrogens with two attached hydrogens (primary N) is 1. The summed E-state index contributed by atoms with van der Waals surface area (Å²) in [6.45, 7) is 17.8. The van der Waals surface area contributed by atoms with Crippen molar-refractivity contribution in [3.8, 4) is 6.07 Å². The second-order valence-corrected chi connectivity index (χ2v) is 15.8. The maximum atomic E-state index is 13.5. The SMILES string of the molecule is CC1CC(C)(C)CC[C@]1(CCC(N)=O)CC[C@]1(C)CC(=O)C=C2[C@@]3(C)C=C(C#N)C(=O)C(C)(C)[C@@H]3CC[C@]21C. The average molecular weight is 535 g/mol. The highest BCUT2D eigenvalue weighted by molar-refractivity contribution is 6.04. The number of nitrogens with zero attached hydrogens (tertiary/aromatic N) is 1. The van der Waals surface area contributed by atoms with Gasteiger partial charge >= 0.3 is 0 Å². The fourth-order valence-corrected chi connectivity index (χ4v) is 9.74. The molecule has 2 N–H and O–H groups in total. The molecule has 39 heavy (non-hydrogen) atoms. The van der Waals surface area contributed by atoms with Crippen LogP contribution in [0, 0.1) is 55.7 Å². The van der Waals surface area contributed by atoms with Crippen LogP contribution in [0.15, 0.2) is 23.3 Å². The lowest BCUT2D eigenvalue weighted by atomic mass is 9.40. The quantitative estimate of drug-likeness (QED) is 0.388. The maximum Gasteiger partial charge on any atom is 0.217 e. The number of ketones is 2. The molecule has 1 unspecified atom stereocenters. The number of rotatable bonds is 6. The summed E-state index contributed by atoms with van der Waals surface area (Å²) < 4.78 is 0. The number of nitriles is 1. The zero-order valence-electron chi connectivity index (χ0n) is 25.6. The van der Waals surface area contributed by atoms with Crippen LogP contribution in [0.4, 0.5) is 0 Å². The number of primary amides is 1. The Morgan fingerprint density at radius 2 is 1.69 bits per heavy atom. The highest BCUT2D eigenvalue weighted by atomic mass is 16.1. The monoisotopic (exact) mass is 534 g/mol. The molecule has 0 aliphatic heterocycles. The van der Waals surface area contributed by atoms with E-state index in [0.717, 1.165) is 56.9 Å². The normalized spacial score (nSPS) is 41.0. The van der Waals surface area contributed by atoms with E-state index in [1.54, 1.807) is 0 Å². The summed E-state index contributed by atoms with van der Waals surface area (Å²) in [5.41, 5.74) is 5.69. The molecular formula is C34H50N2O3. The highest BCUT2D eigenvalue weighted by Gasteiger charge is 2.63. The summed E-state index contributed by atoms with van der Waals surface area (Å²) in [6.07, 6.45) is 12.6. The Morgan fingerprint density at radius 1 is 1.03 bits per heavy atom. The van der Waals surface area contributed by atoms with Crippen molar-refractivity contribution in [2.45, 2.75) is 120 Å². The zero-order chi connectivity index (χ0) is 29.2. The van der Waals surface area contributed by atoms with Crippen molar-refractivity contribution in [2.24, 2.45) is 50.1 Å². The zero-order valence-corrected chi connectivity index (χ0v) is 25.6. The first kappa shape index (κ1) is 29.8. The van der Waals surface area contributed by atoms with Crippen molar-refractivity contribution in [3.63, 3.8) is 0 Å². The molecule has 0 aromatic rings. The molecule has 4 aliphatic carbocycles. The van der Waals surface area contributed by atoms with Crippen LogP contribution in [0.3, 0.4) is 0 Å². The summed E-state index contributed by atoms with van der Waals surface area (Å²) in [6, 6.07) is 2.18. The van der Waals surface area contributed by atoms with Gasteiger partial charge in [-0.3, -0.25) is 14.4 Å². The Balaban J connectivity index is 1.72. The summed E-state index contributed by atoms with van der Waals surface area (Å²) in [5, 5.41) is 9.86. The van der Waals surface area contributed by atoms with Crippen molar-refractivity contribution in [2.75, 3.05) is 0 Å². The number of fused-ring (bicyclic) bond motifs is 3. The van der Waals surface area contributed by atoms with Gasteiger partial charge in [-0.25, -0.2) is 0 Å². The van der Waals surface area contributed by atoms with Gasteiger partial charge in [0.2, 0.25) is 5.91 Å². The predicted octanol–water partition coefficient (Wildman–Crippen LogP) is 7.25. The first-order valence-corrected chi connectivity index (χ1v) is 15.1. The molecule has 4 aliphatic rings. The minimum absolute atomic E-state index is 0.0442. The van der Waals surface area contributed by atoms with E-state index in [9.17, 15) is 19.6 Å². The van der Waals surface area contributed by atoms with Crippen molar-refractivity contribution >= 4 is 17.5 Å². The largest absolute Gasteiger partial charge is 0.370 e. The molecule has 2 fully saturated rings. The third-order valence-corrected chi connectivity index (χ3v) is 12.5. The first-order chi connectivity index (χ1) is 17.9. The molecule has 1 amide bonds. The second kappa shape index (κ2) is 9.42. The summed E-state index contributed by atoms with van der Waals surface area (Å²) in [7, 11) is 0. The minimum atomic E-state index is -0.656. The number of carbonyl (C=O) groups excluding carboxylic acids is 3. The minimum Gasteiger partial charge on any atom is -0.370 e. The smallest absolute Gasteiger partial charge is 0.217 e. The number of Topliss-reactive ketones (excluding diaryl/α,β-unsaturated/α-hetero) is 1. The molecule has 0 heterocycles. The van der Waals surface area contributed by atoms with Gasteiger partial charge in [-0.15, -0.1) is 0 Å². The van der Waals surface area contributed by atoms with Gasteiger partial charge in [-0.05, 0) is 90.9 Å². The van der Waals surface area contributed by atoms with Gasteiger partial charge in [-0.2, -0.15) is 5.26 Å². The summed E-state index contributed by atoms with van der Waals surface area (Å²) in [4.78, 5) is 38.6. The van der Waals surface area contributed by atoms with E-state index in [-0.39, 0.29) is 45.2 Å². The second-order valence-electron chi connectivity index (χ2n) is 15.8. The Labute approximate surface area is 236 Å². The van der Waals surface area contributed by atoms with E-state index < -0.39 is 10.8 Å². The van der Waals surface area contributed by atoms with E-state index in [0.29, 0.717) is 24.2 Å². The molecule has 0 spiro atoms. The maximum absolute atomic E-state index is 13.5. The number of amides is 1. The molecule has 4 rings (SSSR count). The number of hydrogen-bond acceptors (Lipinski definition) is 4. The van der Waals surface area contributed by atoms with E-state index in [4.69, 9.17) is 5.73 Å². The number of allylic oxidation sites excluding steroid dienone is 4. The number of hydrogen-bond donors (Lipinski definition) is 1. The summed E-state index contributed by atoms with van der Waals surface area (Å²) >= 11 is 0. The Kier molecular flexibility index (Phi) is 7.19. The molecule has 5 nitrogen and oxygen atoms in total. The molecule has 2 saturated carbocycles. The van der Waals surface area contributed by atoms with E-state index in [2.05, 4.69) is 47.6 Å². The van der Waals surface area contributed by atoms with E-state index >= 15 is 0 Å². The van der Waals surface area contributed by atoms with Crippen LogP contribution in [0.5, 0.6) is 0 Å². The van der Waals surface area contributed by atoms with Gasteiger partial charge in [0.05, 0.1) is 5.57 Å². The van der Waals surface area contributed by atoms with Crippen LogP contribution < -0.4 is 5.73 Å². The van der Waals surface area contributed by atoms with Crippen LogP contribution in [0.2, 0.25) is 0 Å². The number of carbonyl (C=O) groups is 3. The van der Waals surface area contributed by atoms with E-state index in [1.807, 2.05) is 26.0 Å². The Hall–Kier alpha value is -2.22. The van der Waals surface area contributed by atoms with Crippen LogP contribution in [0.1, 0.15) is 120 Å². The van der Waals surface area contributed by atoms with Gasteiger partial charge in [0, 0.05) is 23.7 Å². The topological polar surface area (TPSA) is 101 Å². The average Bonchev–Trinajstić information content (AvgIpc) is 2.82. The lowest BCUT2D eigenvalue weighted by molar-refractivity contribution is -0.133. The van der Waals surface area contributed by atoms with Gasteiger partial charge in [0.1, 0.15) is 6.07 Å². The highest BCUT2D eigenvalue weighted by Crippen LogP contribution is 2.69. The van der Waals surface area contributed by atoms with Crippen LogP contribution in [-0.2, 0) is 14.4 Å². The van der Waals surface area contributed by atoms with Crippen LogP contribution in [-0.4, -0.2) is 17.5 Å². The van der Waals surface area contributed by atoms with Gasteiger partial charge < -0.3 is 5.73 Å². The van der Waals surface area contributed by atoms with Crippen molar-refractivity contribution in [3.05, 3.63) is 23.3 Å². The van der Waals surface area contributed by atoms with Gasteiger partial charge in [0.25, 0.3) is 0 Å². The van der Waals surface area contributed by atoms with Crippen LogP contribution in [0.25, 0.3) is 0 Å². The fourth-order valence-electron chi connectivity index (χ4n) is 9.74. The lowest BCUT2D eigenvalue weighted by Gasteiger charge is -2.63. The van der Waals surface area contributed by atoms with Crippen LogP contribution >= 0.6 is 0 Å². The standard InChI is InChI=1S/C34H50N2O3/c1-22-18-29(2,3)13-15-34(22,12-10-27(36)38)16-14-31(6)20-24(37)17-26-32(7)19-23(21-35)28(39)30(4,5)25(32)9-11-33(26,31)8/h17,19,22,25H,9-16,18,20H2,1-8H3,(H2,36,38)/t22?,25-,31+,32-,33+,34+/m0/s1. The van der Waals surface area contributed by atoms with Gasteiger partial charge in [0.15, 0.2) is 11.6 Å². The van der Waals surface area contributed by atoms with Crippen molar-refractivity contribution < 1.29 is 14.4 Å². The molecule has 0 saturated heterocycles. The van der Waals surface area contributed by atoms with Gasteiger partial charge in [-0.1, -0.05) is 67.0 Å². The summed E-state index contributed by atoms with van der Waals surface area (Å²) in [5.74, 6) is 0.366.